The number of hydrogen-bond acceptors (Lipinski definition) is 5. The lowest BCUT2D eigenvalue weighted by Gasteiger charge is -2.16. The molecule has 0 amide bonds. The molecule has 2 aromatic rings. The van der Waals surface area contributed by atoms with E-state index < -0.39 is 0 Å². The lowest BCUT2D eigenvalue weighted by Crippen LogP contribution is -2.23. The van der Waals surface area contributed by atoms with Crippen LogP contribution in [-0.2, 0) is 6.54 Å². The molecule has 2 heterocycles. The average Bonchev–Trinajstić information content (AvgIpc) is 2.92. The Morgan fingerprint density at radius 3 is 3.00 bits per heavy atom. The number of nitrogens with one attached hydrogen (secondary N) is 2. The maximum atomic E-state index is 4.47. The zero-order valence-corrected chi connectivity index (χ0v) is 13.3. The molecular weight excluding hydrogens is 320 g/mol. The predicted molar refractivity (Wildman–Crippen MR) is 83.8 cm³/mol. The fourth-order valence-corrected chi connectivity index (χ4v) is 2.06. The Morgan fingerprint density at radius 1 is 1.45 bits per heavy atom. The Kier molecular flexibility index (Phi) is 5.34. The summed E-state index contributed by atoms with van der Waals surface area (Å²) in [5.74, 6) is 1.43. The van der Waals surface area contributed by atoms with Gasteiger partial charge in [0.15, 0.2) is 0 Å². The molecule has 0 radical (unpaired) electrons. The molecule has 6 nitrogen and oxygen atoms in total. The molecule has 20 heavy (non-hydrogen) atoms. The first kappa shape index (κ1) is 14.8. The van der Waals surface area contributed by atoms with Crippen molar-refractivity contribution in [2.24, 2.45) is 0 Å². The minimum atomic E-state index is 0.208. The highest BCUT2D eigenvalue weighted by atomic mass is 79.9. The van der Waals surface area contributed by atoms with Crippen LogP contribution < -0.4 is 10.6 Å². The molecule has 0 aromatic carbocycles. The van der Waals surface area contributed by atoms with E-state index in [-0.39, 0.29) is 6.04 Å². The quantitative estimate of drug-likeness (QED) is 0.812. The molecule has 108 valence electrons. The number of nitrogens with zero attached hydrogens (tertiary/aromatic N) is 4. The van der Waals surface area contributed by atoms with Crippen molar-refractivity contribution in [3.05, 3.63) is 29.1 Å². The minimum Gasteiger partial charge on any atom is -0.365 e. The first-order chi connectivity index (χ1) is 9.69. The maximum absolute atomic E-state index is 4.47. The zero-order chi connectivity index (χ0) is 14.4. The van der Waals surface area contributed by atoms with Gasteiger partial charge in [0.2, 0.25) is 5.95 Å². The van der Waals surface area contributed by atoms with Crippen LogP contribution in [-0.4, -0.2) is 32.3 Å². The van der Waals surface area contributed by atoms with E-state index in [4.69, 9.17) is 0 Å². The Balaban J connectivity index is 2.00. The smallest absolute Gasteiger partial charge is 0.224 e. The molecule has 0 aliphatic rings. The fraction of sp³-hybridized carbons (Fsp3) is 0.462. The average molecular weight is 339 g/mol. The summed E-state index contributed by atoms with van der Waals surface area (Å²) >= 11 is 3.47. The van der Waals surface area contributed by atoms with Gasteiger partial charge < -0.3 is 10.6 Å². The maximum Gasteiger partial charge on any atom is 0.224 e. The minimum absolute atomic E-state index is 0.208. The van der Waals surface area contributed by atoms with Crippen molar-refractivity contribution in [3.63, 3.8) is 0 Å². The van der Waals surface area contributed by atoms with E-state index in [0.717, 1.165) is 29.8 Å². The summed E-state index contributed by atoms with van der Waals surface area (Å²) in [7, 11) is 0. The Labute approximate surface area is 127 Å². The topological polar surface area (TPSA) is 67.7 Å². The molecule has 2 rings (SSSR count). The SMILES string of the molecule is CCCNc1ncc(Br)c(NC(C)Cn2cccn2)n1. The van der Waals surface area contributed by atoms with Crippen molar-refractivity contribution >= 4 is 27.7 Å². The normalized spacial score (nSPS) is 12.2. The van der Waals surface area contributed by atoms with E-state index in [1.165, 1.54) is 0 Å². The van der Waals surface area contributed by atoms with E-state index in [0.29, 0.717) is 5.95 Å². The van der Waals surface area contributed by atoms with Crippen LogP contribution >= 0.6 is 15.9 Å². The number of rotatable bonds is 7. The van der Waals surface area contributed by atoms with Crippen LogP contribution in [0.3, 0.4) is 0 Å². The number of aromatic nitrogens is 4. The molecule has 0 aliphatic carbocycles. The first-order valence-electron chi connectivity index (χ1n) is 6.69. The van der Waals surface area contributed by atoms with Crippen LogP contribution in [0.1, 0.15) is 20.3 Å². The van der Waals surface area contributed by atoms with Crippen molar-refractivity contribution in [1.29, 1.82) is 0 Å². The Hall–Kier alpha value is -1.63. The van der Waals surface area contributed by atoms with Gasteiger partial charge in [-0.2, -0.15) is 10.1 Å². The predicted octanol–water partition coefficient (Wildman–Crippen LogP) is 2.76. The lowest BCUT2D eigenvalue weighted by molar-refractivity contribution is 0.559. The zero-order valence-electron chi connectivity index (χ0n) is 11.7. The number of hydrogen-bond donors (Lipinski definition) is 2. The first-order valence-corrected chi connectivity index (χ1v) is 7.48. The van der Waals surface area contributed by atoms with Crippen LogP contribution in [0.2, 0.25) is 0 Å². The summed E-state index contributed by atoms with van der Waals surface area (Å²) in [6.45, 7) is 5.84. The van der Waals surface area contributed by atoms with Crippen LogP contribution in [0.25, 0.3) is 0 Å². The monoisotopic (exact) mass is 338 g/mol. The van der Waals surface area contributed by atoms with Crippen molar-refractivity contribution in [1.82, 2.24) is 19.7 Å². The molecule has 0 bridgehead atoms. The second-order valence-electron chi connectivity index (χ2n) is 4.59. The molecule has 7 heteroatoms. The van der Waals surface area contributed by atoms with Gasteiger partial charge in [0.05, 0.1) is 11.0 Å². The third kappa shape index (κ3) is 4.19. The van der Waals surface area contributed by atoms with Crippen molar-refractivity contribution < 1.29 is 0 Å². The fourth-order valence-electron chi connectivity index (χ4n) is 1.76. The van der Waals surface area contributed by atoms with E-state index in [1.807, 2.05) is 16.9 Å². The molecule has 0 fully saturated rings. The standard InChI is InChI=1S/C13H19BrN6/c1-3-5-15-13-16-8-11(14)12(19-13)18-10(2)9-20-7-4-6-17-20/h4,6-8,10H,3,5,9H2,1-2H3,(H2,15,16,18,19). The second kappa shape index (κ2) is 7.23. The van der Waals surface area contributed by atoms with Gasteiger partial charge in [-0.15, -0.1) is 0 Å². The van der Waals surface area contributed by atoms with Crippen molar-refractivity contribution in [3.8, 4) is 0 Å². The Morgan fingerprint density at radius 2 is 2.30 bits per heavy atom. The molecule has 2 N–H and O–H groups in total. The van der Waals surface area contributed by atoms with Gasteiger partial charge in [0, 0.05) is 31.2 Å². The summed E-state index contributed by atoms with van der Waals surface area (Å²) in [4.78, 5) is 8.70. The molecule has 1 atom stereocenters. The van der Waals surface area contributed by atoms with Crippen LogP contribution in [0.4, 0.5) is 11.8 Å². The summed E-state index contributed by atoms with van der Waals surface area (Å²) in [6, 6.07) is 2.13. The summed E-state index contributed by atoms with van der Waals surface area (Å²) in [5, 5.41) is 10.7. The van der Waals surface area contributed by atoms with Gasteiger partial charge in [-0.3, -0.25) is 4.68 Å². The van der Waals surface area contributed by atoms with Crippen molar-refractivity contribution in [2.45, 2.75) is 32.9 Å². The summed E-state index contributed by atoms with van der Waals surface area (Å²) < 4.78 is 2.75. The highest BCUT2D eigenvalue weighted by Gasteiger charge is 2.09. The summed E-state index contributed by atoms with van der Waals surface area (Å²) in [6.07, 6.45) is 6.52. The van der Waals surface area contributed by atoms with Crippen LogP contribution in [0, 0.1) is 0 Å². The van der Waals surface area contributed by atoms with Gasteiger partial charge in [-0.25, -0.2) is 4.98 Å². The molecule has 0 saturated carbocycles. The van der Waals surface area contributed by atoms with Crippen LogP contribution in [0.5, 0.6) is 0 Å². The lowest BCUT2D eigenvalue weighted by atomic mass is 10.3. The Bertz CT molecular complexity index is 528. The molecular formula is C13H19BrN6. The highest BCUT2D eigenvalue weighted by Crippen LogP contribution is 2.21. The molecule has 0 aliphatic heterocycles. The van der Waals surface area contributed by atoms with E-state index in [2.05, 4.69) is 55.5 Å². The molecule has 1 unspecified atom stereocenters. The van der Waals surface area contributed by atoms with E-state index in [9.17, 15) is 0 Å². The molecule has 0 saturated heterocycles. The second-order valence-corrected chi connectivity index (χ2v) is 5.44. The van der Waals surface area contributed by atoms with Gasteiger partial charge >= 0.3 is 0 Å². The summed E-state index contributed by atoms with van der Waals surface area (Å²) in [5.41, 5.74) is 0. The van der Waals surface area contributed by atoms with Gasteiger partial charge in [0.1, 0.15) is 5.82 Å². The third-order valence-electron chi connectivity index (χ3n) is 2.68. The van der Waals surface area contributed by atoms with Gasteiger partial charge in [-0.05, 0) is 35.3 Å². The van der Waals surface area contributed by atoms with Crippen LogP contribution in [0.15, 0.2) is 29.1 Å². The van der Waals surface area contributed by atoms with Gasteiger partial charge in [0.25, 0.3) is 0 Å². The van der Waals surface area contributed by atoms with E-state index >= 15 is 0 Å². The molecule has 0 spiro atoms. The van der Waals surface area contributed by atoms with Crippen molar-refractivity contribution in [2.75, 3.05) is 17.2 Å². The van der Waals surface area contributed by atoms with Gasteiger partial charge in [-0.1, -0.05) is 6.92 Å². The number of halogens is 1. The molecule has 2 aromatic heterocycles. The highest BCUT2D eigenvalue weighted by molar-refractivity contribution is 9.10. The van der Waals surface area contributed by atoms with E-state index in [1.54, 1.807) is 12.4 Å². The largest absolute Gasteiger partial charge is 0.365 e. The third-order valence-corrected chi connectivity index (χ3v) is 3.26. The number of anilines is 2.